The van der Waals surface area contributed by atoms with Gasteiger partial charge >= 0.3 is 0 Å². The van der Waals surface area contributed by atoms with Crippen molar-refractivity contribution >= 4 is 5.91 Å². The van der Waals surface area contributed by atoms with Crippen LogP contribution in [-0.2, 0) is 16.0 Å². The number of amides is 1. The predicted molar refractivity (Wildman–Crippen MR) is 86.4 cm³/mol. The molecule has 1 fully saturated rings. The third kappa shape index (κ3) is 5.44. The minimum absolute atomic E-state index is 0.107. The van der Waals surface area contributed by atoms with Crippen LogP contribution in [0.3, 0.4) is 0 Å². The minimum atomic E-state index is 0.107. The molecule has 128 valence electrons. The predicted octanol–water partition coefficient (Wildman–Crippen LogP) is 0.595. The first-order chi connectivity index (χ1) is 11.0. The number of likely N-dealkylation sites (N-methyl/N-ethyl adjacent to an activating group) is 2. The second kappa shape index (κ2) is 8.21. The van der Waals surface area contributed by atoms with E-state index in [0.29, 0.717) is 12.4 Å². The molecule has 1 saturated heterocycles. The Morgan fingerprint density at radius 3 is 2.74 bits per heavy atom. The molecule has 1 aliphatic rings. The number of aromatic nitrogens is 2. The summed E-state index contributed by atoms with van der Waals surface area (Å²) in [6.45, 7) is 1.18. The molecule has 0 spiro atoms. The molecule has 1 aromatic heterocycles. The lowest BCUT2D eigenvalue weighted by atomic mass is 10.1. The lowest BCUT2D eigenvalue weighted by Gasteiger charge is -2.22. The van der Waals surface area contributed by atoms with Gasteiger partial charge in [0.05, 0.1) is 31.6 Å². The van der Waals surface area contributed by atoms with Gasteiger partial charge in [-0.3, -0.25) is 9.69 Å². The van der Waals surface area contributed by atoms with Gasteiger partial charge in [-0.15, -0.1) is 0 Å². The fourth-order valence-electron chi connectivity index (χ4n) is 2.68. The number of carbonyl (C=O) groups excluding carboxylic acids is 1. The molecule has 0 saturated carbocycles. The molecule has 0 bridgehead atoms. The van der Waals surface area contributed by atoms with E-state index in [1.165, 1.54) is 6.33 Å². The summed E-state index contributed by atoms with van der Waals surface area (Å²) >= 11 is 0. The number of hydrogen-bond acceptors (Lipinski definition) is 6. The summed E-state index contributed by atoms with van der Waals surface area (Å²) in [7, 11) is 7.09. The molecule has 7 heteroatoms. The average molecular weight is 322 g/mol. The highest BCUT2D eigenvalue weighted by molar-refractivity contribution is 5.77. The maximum absolute atomic E-state index is 11.7. The van der Waals surface area contributed by atoms with Gasteiger partial charge in [0.25, 0.3) is 0 Å². The monoisotopic (exact) mass is 322 g/mol. The van der Waals surface area contributed by atoms with Crippen LogP contribution in [0.25, 0.3) is 0 Å². The topological polar surface area (TPSA) is 67.8 Å². The second-order valence-corrected chi connectivity index (χ2v) is 6.20. The Kier molecular flexibility index (Phi) is 6.29. The summed E-state index contributed by atoms with van der Waals surface area (Å²) in [4.78, 5) is 23.6. The van der Waals surface area contributed by atoms with Crippen molar-refractivity contribution in [2.45, 2.75) is 31.5 Å². The number of nitrogens with zero attached hydrogens (tertiary/aromatic N) is 4. The van der Waals surface area contributed by atoms with E-state index in [-0.39, 0.29) is 18.1 Å². The van der Waals surface area contributed by atoms with Crippen molar-refractivity contribution in [3.05, 3.63) is 18.1 Å². The molecule has 1 aromatic rings. The number of rotatable bonds is 7. The van der Waals surface area contributed by atoms with Gasteiger partial charge in [-0.2, -0.15) is 0 Å². The van der Waals surface area contributed by atoms with E-state index in [9.17, 15) is 4.79 Å². The smallest absolute Gasteiger partial charge is 0.236 e. The standard InChI is InChI=1S/C16H26N4O3/c1-19(2)16(21)10-20(3)9-14-6-5-13(23-14)7-12-8-15(22-4)18-11-17-12/h8,11,13-14H,5-7,9-10H2,1-4H3/t13-,14+/m0/s1. The maximum Gasteiger partial charge on any atom is 0.236 e. The molecule has 23 heavy (non-hydrogen) atoms. The van der Waals surface area contributed by atoms with Gasteiger partial charge in [-0.25, -0.2) is 9.97 Å². The van der Waals surface area contributed by atoms with Crippen LogP contribution in [0.5, 0.6) is 5.88 Å². The highest BCUT2D eigenvalue weighted by atomic mass is 16.5. The van der Waals surface area contributed by atoms with Crippen LogP contribution in [0.15, 0.2) is 12.4 Å². The Morgan fingerprint density at radius 2 is 2.04 bits per heavy atom. The van der Waals surface area contributed by atoms with E-state index in [0.717, 1.165) is 31.5 Å². The molecule has 0 unspecified atom stereocenters. The van der Waals surface area contributed by atoms with Gasteiger partial charge in [0.2, 0.25) is 11.8 Å². The van der Waals surface area contributed by atoms with E-state index in [1.807, 2.05) is 18.0 Å². The summed E-state index contributed by atoms with van der Waals surface area (Å²) in [5.41, 5.74) is 0.929. The third-order valence-corrected chi connectivity index (χ3v) is 3.96. The van der Waals surface area contributed by atoms with Crippen LogP contribution in [-0.4, -0.2) is 79.2 Å². The summed E-state index contributed by atoms with van der Waals surface area (Å²) in [6.07, 6.45) is 4.62. The molecule has 1 amide bonds. The van der Waals surface area contributed by atoms with E-state index in [2.05, 4.69) is 9.97 Å². The number of ether oxygens (including phenoxy) is 2. The lowest BCUT2D eigenvalue weighted by molar-refractivity contribution is -0.129. The molecule has 0 N–H and O–H groups in total. The maximum atomic E-state index is 11.7. The fourth-order valence-corrected chi connectivity index (χ4v) is 2.68. The van der Waals surface area contributed by atoms with Crippen LogP contribution in [0.4, 0.5) is 0 Å². The van der Waals surface area contributed by atoms with Crippen molar-refractivity contribution in [1.82, 2.24) is 19.8 Å². The van der Waals surface area contributed by atoms with Gasteiger partial charge in [-0.05, 0) is 19.9 Å². The summed E-state index contributed by atoms with van der Waals surface area (Å²) < 4.78 is 11.2. The van der Waals surface area contributed by atoms with Crippen LogP contribution in [0.2, 0.25) is 0 Å². The van der Waals surface area contributed by atoms with E-state index < -0.39 is 0 Å². The molecule has 0 radical (unpaired) electrons. The van der Waals surface area contributed by atoms with Crippen molar-refractivity contribution in [3.63, 3.8) is 0 Å². The third-order valence-electron chi connectivity index (χ3n) is 3.96. The van der Waals surface area contributed by atoms with Crippen molar-refractivity contribution in [2.75, 3.05) is 41.3 Å². The SMILES string of the molecule is COc1cc(C[C@@H]2CC[C@H](CN(C)CC(=O)N(C)C)O2)ncn1. The normalized spacial score (nSPS) is 20.7. The first-order valence-electron chi connectivity index (χ1n) is 7.87. The molecule has 1 aliphatic heterocycles. The summed E-state index contributed by atoms with van der Waals surface area (Å²) in [5, 5.41) is 0. The first kappa shape index (κ1) is 17.6. The Balaban J connectivity index is 1.78. The molecule has 0 aliphatic carbocycles. The second-order valence-electron chi connectivity index (χ2n) is 6.20. The average Bonchev–Trinajstić information content (AvgIpc) is 2.94. The Bertz CT molecular complexity index is 524. The highest BCUT2D eigenvalue weighted by Crippen LogP contribution is 2.23. The van der Waals surface area contributed by atoms with Crippen LogP contribution in [0, 0.1) is 0 Å². The number of hydrogen-bond donors (Lipinski definition) is 0. The lowest BCUT2D eigenvalue weighted by Crippen LogP contribution is -2.38. The van der Waals surface area contributed by atoms with E-state index >= 15 is 0 Å². The van der Waals surface area contributed by atoms with Gasteiger partial charge in [0.1, 0.15) is 6.33 Å². The quantitative estimate of drug-likeness (QED) is 0.732. The van der Waals surface area contributed by atoms with Crippen LogP contribution < -0.4 is 4.74 Å². The largest absolute Gasteiger partial charge is 0.481 e. The molecule has 2 atom stereocenters. The first-order valence-corrected chi connectivity index (χ1v) is 7.87. The van der Waals surface area contributed by atoms with E-state index in [4.69, 9.17) is 9.47 Å². The zero-order valence-electron chi connectivity index (χ0n) is 14.4. The Morgan fingerprint density at radius 1 is 1.30 bits per heavy atom. The van der Waals surface area contributed by atoms with Gasteiger partial charge in [0, 0.05) is 33.1 Å². The van der Waals surface area contributed by atoms with Crippen LogP contribution in [0.1, 0.15) is 18.5 Å². The van der Waals surface area contributed by atoms with Gasteiger partial charge < -0.3 is 14.4 Å². The van der Waals surface area contributed by atoms with Gasteiger partial charge in [-0.1, -0.05) is 0 Å². The van der Waals surface area contributed by atoms with Crippen molar-refractivity contribution in [3.8, 4) is 5.88 Å². The fraction of sp³-hybridized carbons (Fsp3) is 0.688. The zero-order valence-corrected chi connectivity index (χ0v) is 14.4. The highest BCUT2D eigenvalue weighted by Gasteiger charge is 2.27. The molecule has 0 aromatic carbocycles. The van der Waals surface area contributed by atoms with Crippen molar-refractivity contribution in [1.29, 1.82) is 0 Å². The molecule has 2 rings (SSSR count). The van der Waals surface area contributed by atoms with Gasteiger partial charge in [0.15, 0.2) is 0 Å². The number of methoxy groups -OCH3 is 1. The minimum Gasteiger partial charge on any atom is -0.481 e. The Hall–Kier alpha value is -1.73. The van der Waals surface area contributed by atoms with Crippen LogP contribution >= 0.6 is 0 Å². The summed E-state index contributed by atoms with van der Waals surface area (Å²) in [6, 6.07) is 1.85. The number of carbonyl (C=O) groups is 1. The summed E-state index contributed by atoms with van der Waals surface area (Å²) in [5.74, 6) is 0.682. The molecular formula is C16H26N4O3. The molecular weight excluding hydrogens is 296 g/mol. The van der Waals surface area contributed by atoms with Crippen molar-refractivity contribution < 1.29 is 14.3 Å². The van der Waals surface area contributed by atoms with E-state index in [1.54, 1.807) is 26.1 Å². The zero-order chi connectivity index (χ0) is 16.8. The molecule has 2 heterocycles. The Labute approximate surface area is 137 Å². The molecule has 7 nitrogen and oxygen atoms in total. The van der Waals surface area contributed by atoms with Crippen molar-refractivity contribution in [2.24, 2.45) is 0 Å².